The quantitative estimate of drug-likeness (QED) is 0.771. The third kappa shape index (κ3) is 3.04. The number of hydrogen-bond donors (Lipinski definition) is 2. The van der Waals surface area contributed by atoms with Crippen LogP contribution in [0, 0.1) is 5.92 Å². The fourth-order valence-electron chi connectivity index (χ4n) is 2.23. The molecule has 7 heteroatoms. The summed E-state index contributed by atoms with van der Waals surface area (Å²) in [5, 5.41) is 6.32. The highest BCUT2D eigenvalue weighted by Crippen LogP contribution is 2.19. The van der Waals surface area contributed by atoms with Gasteiger partial charge < -0.3 is 15.4 Å². The molecule has 0 saturated carbocycles. The third-order valence-corrected chi connectivity index (χ3v) is 3.16. The number of hydrogen-bond acceptors (Lipinski definition) is 5. The maximum absolute atomic E-state index is 12.2. The van der Waals surface area contributed by atoms with Gasteiger partial charge in [0.25, 0.3) is 5.91 Å². The second-order valence-electron chi connectivity index (χ2n) is 4.55. The molecule has 1 saturated heterocycles. The van der Waals surface area contributed by atoms with Crippen molar-refractivity contribution in [3.8, 4) is 0 Å². The van der Waals surface area contributed by atoms with Crippen molar-refractivity contribution in [3.63, 3.8) is 0 Å². The molecule has 2 rings (SSSR count). The monoisotopic (exact) mass is 266 g/mol. The van der Waals surface area contributed by atoms with E-state index < -0.39 is 0 Å². The highest BCUT2D eigenvalue weighted by Gasteiger charge is 2.30. The van der Waals surface area contributed by atoms with Crippen molar-refractivity contribution in [1.82, 2.24) is 15.1 Å². The number of anilines is 1. The van der Waals surface area contributed by atoms with E-state index in [2.05, 4.69) is 10.2 Å². The summed E-state index contributed by atoms with van der Waals surface area (Å²) in [4.78, 5) is 25.5. The molecule has 104 valence electrons. The van der Waals surface area contributed by atoms with E-state index in [-0.39, 0.29) is 23.6 Å². The molecule has 19 heavy (non-hydrogen) atoms. The average Bonchev–Trinajstić information content (AvgIpc) is 2.85. The van der Waals surface area contributed by atoms with E-state index in [1.54, 1.807) is 11.8 Å². The summed E-state index contributed by atoms with van der Waals surface area (Å²) in [6, 6.07) is 1.50. The van der Waals surface area contributed by atoms with E-state index in [4.69, 9.17) is 10.5 Å². The molecule has 1 unspecified atom stereocenters. The van der Waals surface area contributed by atoms with Crippen LogP contribution in [0.4, 0.5) is 5.82 Å². The van der Waals surface area contributed by atoms with Gasteiger partial charge in [-0.15, -0.1) is 0 Å². The Hall–Kier alpha value is -2.05. The summed E-state index contributed by atoms with van der Waals surface area (Å²) in [7, 11) is 0. The van der Waals surface area contributed by atoms with Crippen LogP contribution in [-0.4, -0.2) is 46.7 Å². The molecule has 0 bridgehead atoms. The number of nitrogens with zero attached hydrogens (tertiary/aromatic N) is 2. The maximum Gasteiger partial charge on any atom is 0.310 e. The number of nitrogens with one attached hydrogen (secondary N) is 1. The van der Waals surface area contributed by atoms with Gasteiger partial charge in [0.15, 0.2) is 0 Å². The van der Waals surface area contributed by atoms with E-state index >= 15 is 0 Å². The number of amides is 1. The number of piperidine rings is 1. The standard InChI is InChI=1S/C12H18N4O3/c1-2-19-12(18)8-4-3-5-16(7-8)11(17)9-6-10(13)15-14-9/h6,8H,2-5,7H2,1H3,(H3,13,14,15). The van der Waals surface area contributed by atoms with Crippen LogP contribution in [0.2, 0.25) is 0 Å². The van der Waals surface area contributed by atoms with Crippen LogP contribution in [0.5, 0.6) is 0 Å². The van der Waals surface area contributed by atoms with Gasteiger partial charge in [-0.05, 0) is 19.8 Å². The molecule has 7 nitrogen and oxygen atoms in total. The Morgan fingerprint density at radius 2 is 2.42 bits per heavy atom. The highest BCUT2D eigenvalue weighted by molar-refractivity contribution is 5.93. The summed E-state index contributed by atoms with van der Waals surface area (Å²) >= 11 is 0. The summed E-state index contributed by atoms with van der Waals surface area (Å²) in [6.07, 6.45) is 1.55. The molecule has 1 aromatic rings. The van der Waals surface area contributed by atoms with Gasteiger partial charge in [-0.3, -0.25) is 14.7 Å². The number of nitrogen functional groups attached to an aromatic ring is 1. The predicted octanol–water partition coefficient (Wildman–Crippen LogP) is 0.407. The summed E-state index contributed by atoms with van der Waals surface area (Å²) in [5.41, 5.74) is 5.82. The third-order valence-electron chi connectivity index (χ3n) is 3.16. The molecule has 1 amide bonds. The molecule has 1 aliphatic rings. The van der Waals surface area contributed by atoms with Crippen molar-refractivity contribution in [1.29, 1.82) is 0 Å². The molecule has 1 aromatic heterocycles. The van der Waals surface area contributed by atoms with E-state index in [9.17, 15) is 9.59 Å². The number of esters is 1. The zero-order valence-electron chi connectivity index (χ0n) is 10.9. The van der Waals surface area contributed by atoms with Crippen LogP contribution in [0.3, 0.4) is 0 Å². The van der Waals surface area contributed by atoms with Gasteiger partial charge in [0.2, 0.25) is 0 Å². The van der Waals surface area contributed by atoms with Gasteiger partial charge in [-0.1, -0.05) is 0 Å². The Balaban J connectivity index is 2.01. The van der Waals surface area contributed by atoms with Gasteiger partial charge in [-0.2, -0.15) is 5.10 Å². The number of nitrogens with two attached hydrogens (primary N) is 1. The Morgan fingerprint density at radius 3 is 3.05 bits per heavy atom. The zero-order valence-corrected chi connectivity index (χ0v) is 10.9. The molecule has 0 radical (unpaired) electrons. The van der Waals surface area contributed by atoms with E-state index in [0.29, 0.717) is 25.4 Å². The number of likely N-dealkylation sites (tertiary alicyclic amines) is 1. The smallest absolute Gasteiger partial charge is 0.310 e. The van der Waals surface area contributed by atoms with Crippen molar-refractivity contribution in [2.45, 2.75) is 19.8 Å². The lowest BCUT2D eigenvalue weighted by Gasteiger charge is -2.31. The Bertz CT molecular complexity index is 471. The average molecular weight is 266 g/mol. The molecule has 1 atom stereocenters. The first-order valence-electron chi connectivity index (χ1n) is 6.38. The van der Waals surface area contributed by atoms with E-state index in [1.165, 1.54) is 6.07 Å². The first-order valence-corrected chi connectivity index (χ1v) is 6.38. The highest BCUT2D eigenvalue weighted by atomic mass is 16.5. The minimum absolute atomic E-state index is 0.182. The van der Waals surface area contributed by atoms with Crippen molar-refractivity contribution >= 4 is 17.7 Å². The van der Waals surface area contributed by atoms with Crippen LogP contribution in [0.15, 0.2) is 6.07 Å². The predicted molar refractivity (Wildman–Crippen MR) is 68.3 cm³/mol. The fourth-order valence-corrected chi connectivity index (χ4v) is 2.23. The van der Waals surface area contributed by atoms with Gasteiger partial charge in [-0.25, -0.2) is 0 Å². The molecule has 1 fully saturated rings. The molecular weight excluding hydrogens is 248 g/mol. The number of aromatic amines is 1. The molecular formula is C12H18N4O3. The molecule has 0 spiro atoms. The molecule has 0 aliphatic carbocycles. The van der Waals surface area contributed by atoms with Crippen LogP contribution >= 0.6 is 0 Å². The minimum atomic E-state index is -0.238. The van der Waals surface area contributed by atoms with Crippen LogP contribution in [0.25, 0.3) is 0 Å². The SMILES string of the molecule is CCOC(=O)C1CCCN(C(=O)c2cc(N)n[nH]2)C1. The maximum atomic E-state index is 12.2. The van der Waals surface area contributed by atoms with Gasteiger partial charge >= 0.3 is 5.97 Å². The lowest BCUT2D eigenvalue weighted by molar-refractivity contribution is -0.149. The number of rotatable bonds is 3. The summed E-state index contributed by atoms with van der Waals surface area (Å²) in [5.74, 6) is -0.373. The fraction of sp³-hybridized carbons (Fsp3) is 0.583. The van der Waals surface area contributed by atoms with Crippen molar-refractivity contribution in [3.05, 3.63) is 11.8 Å². The largest absolute Gasteiger partial charge is 0.466 e. The van der Waals surface area contributed by atoms with E-state index in [0.717, 1.165) is 12.8 Å². The molecule has 1 aliphatic heterocycles. The second-order valence-corrected chi connectivity index (χ2v) is 4.55. The zero-order chi connectivity index (χ0) is 13.8. The van der Waals surface area contributed by atoms with Gasteiger partial charge in [0.05, 0.1) is 12.5 Å². The lowest BCUT2D eigenvalue weighted by atomic mass is 9.98. The van der Waals surface area contributed by atoms with Crippen LogP contribution in [-0.2, 0) is 9.53 Å². The first-order chi connectivity index (χ1) is 9.11. The molecule has 3 N–H and O–H groups in total. The first kappa shape index (κ1) is 13.4. The van der Waals surface area contributed by atoms with Crippen molar-refractivity contribution in [2.24, 2.45) is 5.92 Å². The number of carbonyl (C=O) groups is 2. The summed E-state index contributed by atoms with van der Waals surface area (Å²) < 4.78 is 5.00. The number of H-pyrrole nitrogens is 1. The van der Waals surface area contributed by atoms with Gasteiger partial charge in [0, 0.05) is 19.2 Å². The second kappa shape index (κ2) is 5.73. The van der Waals surface area contributed by atoms with E-state index in [1.807, 2.05) is 0 Å². The normalized spacial score (nSPS) is 19.2. The number of ether oxygens (including phenoxy) is 1. The lowest BCUT2D eigenvalue weighted by Crippen LogP contribution is -2.43. The molecule has 2 heterocycles. The Kier molecular flexibility index (Phi) is 4.03. The molecule has 0 aromatic carbocycles. The number of carbonyl (C=O) groups excluding carboxylic acids is 2. The van der Waals surface area contributed by atoms with Crippen LogP contribution in [0.1, 0.15) is 30.3 Å². The number of aromatic nitrogens is 2. The Morgan fingerprint density at radius 1 is 1.63 bits per heavy atom. The van der Waals surface area contributed by atoms with Crippen molar-refractivity contribution in [2.75, 3.05) is 25.4 Å². The summed E-state index contributed by atoms with van der Waals surface area (Å²) in [6.45, 7) is 3.15. The Labute approximate surface area is 111 Å². The van der Waals surface area contributed by atoms with Crippen LogP contribution < -0.4 is 5.73 Å². The topological polar surface area (TPSA) is 101 Å². The van der Waals surface area contributed by atoms with Gasteiger partial charge in [0.1, 0.15) is 11.5 Å². The minimum Gasteiger partial charge on any atom is -0.466 e. The van der Waals surface area contributed by atoms with Crippen molar-refractivity contribution < 1.29 is 14.3 Å².